The molecule has 5 nitrogen and oxygen atoms in total. The molecule has 1 spiro atoms. The number of fused-ring (bicyclic) bond motifs is 2. The van der Waals surface area contributed by atoms with Crippen LogP contribution >= 0.6 is 0 Å². The molecule has 2 fully saturated rings. The molecule has 0 atom stereocenters. The molecule has 1 N–H and O–H groups in total. The normalized spacial score (nSPS) is 23.0. The van der Waals surface area contributed by atoms with Gasteiger partial charge in [0.1, 0.15) is 11.5 Å². The molecule has 0 saturated heterocycles. The summed E-state index contributed by atoms with van der Waals surface area (Å²) in [6, 6.07) is 2.14. The van der Waals surface area contributed by atoms with Crippen LogP contribution in [0.25, 0.3) is 6.08 Å². The molecule has 152 valence electrons. The highest BCUT2D eigenvalue weighted by Gasteiger charge is 2.46. The zero-order chi connectivity index (χ0) is 19.7. The first-order valence-corrected chi connectivity index (χ1v) is 10.7. The van der Waals surface area contributed by atoms with Crippen molar-refractivity contribution in [2.75, 3.05) is 11.9 Å². The molecule has 1 amide bonds. The molecule has 4 rings (SSSR count). The van der Waals surface area contributed by atoms with E-state index in [9.17, 15) is 9.28 Å². The van der Waals surface area contributed by atoms with Crippen LogP contribution in [-0.2, 0) is 5.54 Å². The van der Waals surface area contributed by atoms with E-state index >= 15 is 0 Å². The summed E-state index contributed by atoms with van der Waals surface area (Å²) in [6.45, 7) is 6.03. The van der Waals surface area contributed by atoms with Gasteiger partial charge in [-0.3, -0.25) is 9.79 Å². The third-order valence-electron chi connectivity index (χ3n) is 6.63. The minimum atomic E-state index is -0.561. The van der Waals surface area contributed by atoms with E-state index in [2.05, 4.69) is 16.5 Å². The predicted molar refractivity (Wildman–Crippen MR) is 111 cm³/mol. The first-order valence-electron chi connectivity index (χ1n) is 10.7. The van der Waals surface area contributed by atoms with Crippen molar-refractivity contribution >= 4 is 23.6 Å². The van der Waals surface area contributed by atoms with Crippen LogP contribution in [0.2, 0.25) is 0 Å². The number of carbonyl (C=O) groups excluding carboxylic acids is 1. The molecule has 1 aromatic heterocycles. The molecule has 2 aliphatic carbocycles. The van der Waals surface area contributed by atoms with Crippen molar-refractivity contribution in [1.29, 1.82) is 0 Å². The van der Waals surface area contributed by atoms with Gasteiger partial charge >= 0.3 is 0 Å². The molecule has 0 bridgehead atoms. The van der Waals surface area contributed by atoms with Gasteiger partial charge in [-0.15, -0.1) is 0 Å². The Morgan fingerprint density at radius 3 is 2.61 bits per heavy atom. The highest BCUT2D eigenvalue weighted by molar-refractivity contribution is 5.99. The Balaban J connectivity index is 1.73. The minimum Gasteiger partial charge on any atom is -0.330 e. The molecule has 2 heterocycles. The molecular weight excluding hydrogens is 355 g/mol. The van der Waals surface area contributed by atoms with E-state index in [0.717, 1.165) is 62.2 Å². The number of nitrogens with zero attached hydrogens (tertiary/aromatic N) is 3. The van der Waals surface area contributed by atoms with E-state index in [1.165, 1.54) is 19.3 Å². The average molecular weight is 387 g/mol. The summed E-state index contributed by atoms with van der Waals surface area (Å²) >= 11 is 0. The third kappa shape index (κ3) is 3.38. The zero-order valence-corrected chi connectivity index (χ0v) is 16.8. The summed E-state index contributed by atoms with van der Waals surface area (Å²) in [5.74, 6) is 1.14. The van der Waals surface area contributed by atoms with Gasteiger partial charge in [0.25, 0.3) is 5.91 Å². The monoisotopic (exact) mass is 386 g/mol. The number of amidine groups is 1. The number of hydrogen-bond donors (Lipinski definition) is 1. The van der Waals surface area contributed by atoms with Crippen LogP contribution in [0.1, 0.15) is 87.2 Å². The largest absolute Gasteiger partial charge is 0.330 e. The summed E-state index contributed by atoms with van der Waals surface area (Å²) in [7, 11) is 0. The van der Waals surface area contributed by atoms with E-state index in [4.69, 9.17) is 4.99 Å². The lowest BCUT2D eigenvalue weighted by Crippen LogP contribution is -2.52. The Labute approximate surface area is 166 Å². The lowest BCUT2D eigenvalue weighted by Gasteiger charge is -2.45. The van der Waals surface area contributed by atoms with E-state index in [1.807, 2.05) is 6.92 Å². The quantitative estimate of drug-likeness (QED) is 0.436. The van der Waals surface area contributed by atoms with Crippen LogP contribution in [-0.4, -0.2) is 34.0 Å². The Kier molecular flexibility index (Phi) is 5.30. The van der Waals surface area contributed by atoms with Crippen LogP contribution in [0.3, 0.4) is 0 Å². The number of carbonyl (C=O) groups is 1. The van der Waals surface area contributed by atoms with Crippen molar-refractivity contribution in [2.45, 2.75) is 82.7 Å². The number of anilines is 1. The van der Waals surface area contributed by atoms with Gasteiger partial charge in [0.15, 0.2) is 0 Å². The van der Waals surface area contributed by atoms with E-state index in [0.29, 0.717) is 16.9 Å². The van der Waals surface area contributed by atoms with Crippen LogP contribution < -0.4 is 5.32 Å². The Bertz CT molecular complexity index is 785. The molecule has 0 radical (unpaired) electrons. The van der Waals surface area contributed by atoms with Gasteiger partial charge in [0.2, 0.25) is 0 Å². The maximum Gasteiger partial charge on any atom is 0.298 e. The van der Waals surface area contributed by atoms with E-state index in [1.54, 1.807) is 12.1 Å². The van der Waals surface area contributed by atoms with E-state index < -0.39 is 5.91 Å². The number of halogens is 1. The van der Waals surface area contributed by atoms with Gasteiger partial charge in [-0.1, -0.05) is 55.7 Å². The summed E-state index contributed by atoms with van der Waals surface area (Å²) in [5.41, 5.74) is 0.866. The standard InChI is InChI=1S/C22H31FN4O/c1-3-17-14-19-21(28)26(23)15-22(12-8-5-9-13-22)27(19)20(17)25-16(2)24-18-10-6-4-7-11-18/h3,14,18H,1,4-13,15H2,2H3,(H,24,25). The van der Waals surface area contributed by atoms with Gasteiger partial charge in [0, 0.05) is 5.56 Å². The minimum absolute atomic E-state index is 0.123. The van der Waals surface area contributed by atoms with Gasteiger partial charge in [0.05, 0.1) is 24.0 Å². The van der Waals surface area contributed by atoms with Crippen molar-refractivity contribution in [1.82, 2.24) is 9.69 Å². The van der Waals surface area contributed by atoms with Gasteiger partial charge in [-0.05, 0) is 38.7 Å². The number of nitrogens with one attached hydrogen (secondary N) is 1. The topological polar surface area (TPSA) is 49.6 Å². The summed E-state index contributed by atoms with van der Waals surface area (Å²) < 4.78 is 16.6. The van der Waals surface area contributed by atoms with Crippen molar-refractivity contribution in [3.63, 3.8) is 0 Å². The first-order chi connectivity index (χ1) is 13.5. The molecular formula is C22H31FN4O. The molecule has 2 saturated carbocycles. The number of aliphatic imine (C=N–C) groups is 1. The van der Waals surface area contributed by atoms with E-state index in [-0.39, 0.29) is 12.1 Å². The molecule has 6 heteroatoms. The Morgan fingerprint density at radius 1 is 1.25 bits per heavy atom. The van der Waals surface area contributed by atoms with Crippen molar-refractivity contribution in [3.8, 4) is 0 Å². The maximum absolute atomic E-state index is 14.5. The third-order valence-corrected chi connectivity index (χ3v) is 6.63. The molecule has 1 aliphatic heterocycles. The molecule has 0 unspecified atom stereocenters. The van der Waals surface area contributed by atoms with Crippen LogP contribution in [0.15, 0.2) is 17.6 Å². The smallest absolute Gasteiger partial charge is 0.298 e. The number of hydrogen-bond acceptors (Lipinski definition) is 2. The second-order valence-electron chi connectivity index (χ2n) is 8.61. The Hall–Kier alpha value is -2.11. The second-order valence-corrected chi connectivity index (χ2v) is 8.61. The zero-order valence-electron chi connectivity index (χ0n) is 16.8. The lowest BCUT2D eigenvalue weighted by atomic mass is 9.80. The molecule has 0 aromatic carbocycles. The molecule has 1 aromatic rings. The number of aromatic nitrogens is 1. The maximum atomic E-state index is 14.5. The summed E-state index contributed by atoms with van der Waals surface area (Å²) in [5, 5.41) is 3.88. The fourth-order valence-corrected chi connectivity index (χ4v) is 5.27. The number of amides is 1. The fourth-order valence-electron chi connectivity index (χ4n) is 5.27. The first kappa shape index (κ1) is 19.2. The van der Waals surface area contributed by atoms with Crippen LogP contribution in [0.5, 0.6) is 0 Å². The summed E-state index contributed by atoms with van der Waals surface area (Å²) in [6.07, 6.45) is 12.8. The van der Waals surface area contributed by atoms with Crippen molar-refractivity contribution in [3.05, 3.63) is 23.9 Å². The van der Waals surface area contributed by atoms with Crippen molar-refractivity contribution < 1.29 is 9.28 Å². The molecule has 3 aliphatic rings. The van der Waals surface area contributed by atoms with Crippen molar-refractivity contribution in [2.24, 2.45) is 4.99 Å². The summed E-state index contributed by atoms with van der Waals surface area (Å²) in [4.78, 5) is 17.5. The lowest BCUT2D eigenvalue weighted by molar-refractivity contribution is -0.0252. The Morgan fingerprint density at radius 2 is 1.93 bits per heavy atom. The SMILES string of the molecule is C=Cc1cc2n(c1NC(C)=NC1CCCCC1)C1(CCCCC1)CN(F)C2=O. The average Bonchev–Trinajstić information content (AvgIpc) is 3.07. The van der Waals surface area contributed by atoms with Gasteiger partial charge < -0.3 is 9.88 Å². The highest BCUT2D eigenvalue weighted by Crippen LogP contribution is 2.44. The second kappa shape index (κ2) is 7.72. The number of rotatable bonds is 3. The van der Waals surface area contributed by atoms with Crippen LogP contribution in [0, 0.1) is 0 Å². The van der Waals surface area contributed by atoms with Gasteiger partial charge in [-0.25, -0.2) is 0 Å². The fraction of sp³-hybridized carbons (Fsp3) is 0.636. The predicted octanol–water partition coefficient (Wildman–Crippen LogP) is 5.29. The van der Waals surface area contributed by atoms with Gasteiger partial charge in [-0.2, -0.15) is 5.12 Å². The molecule has 28 heavy (non-hydrogen) atoms. The highest BCUT2D eigenvalue weighted by atomic mass is 19.2. The van der Waals surface area contributed by atoms with Crippen LogP contribution in [0.4, 0.5) is 10.3 Å².